The third-order valence-corrected chi connectivity index (χ3v) is 2.57. The highest BCUT2D eigenvalue weighted by atomic mass is 35.5. The summed E-state index contributed by atoms with van der Waals surface area (Å²) in [5.74, 6) is 0. The molecule has 1 aromatic heterocycles. The van der Waals surface area contributed by atoms with Gasteiger partial charge in [0.2, 0.25) is 0 Å². The first-order valence-electron chi connectivity index (χ1n) is 4.49. The molecule has 0 aliphatic rings. The molecule has 4 nitrogen and oxygen atoms in total. The molecule has 1 heterocycles. The molecular weight excluding hydrogens is 214 g/mol. The lowest BCUT2D eigenvalue weighted by Gasteiger charge is -1.98. The van der Waals surface area contributed by atoms with E-state index in [4.69, 9.17) is 5.73 Å². The summed E-state index contributed by atoms with van der Waals surface area (Å²) in [6.07, 6.45) is 0. The van der Waals surface area contributed by atoms with Gasteiger partial charge in [-0.2, -0.15) is 0 Å². The number of imidazole rings is 1. The van der Waals surface area contributed by atoms with Gasteiger partial charge >= 0.3 is 5.69 Å². The Morgan fingerprint density at radius 2 is 1.80 bits per heavy atom. The van der Waals surface area contributed by atoms with E-state index < -0.39 is 0 Å². The maximum atomic E-state index is 11.6. The van der Waals surface area contributed by atoms with Gasteiger partial charge in [0, 0.05) is 20.6 Å². The van der Waals surface area contributed by atoms with Crippen LogP contribution in [-0.2, 0) is 20.6 Å². The molecule has 2 N–H and O–H groups in total. The van der Waals surface area contributed by atoms with Gasteiger partial charge in [0.1, 0.15) is 0 Å². The Kier molecular flexibility index (Phi) is 3.21. The van der Waals surface area contributed by atoms with Crippen molar-refractivity contribution in [2.75, 3.05) is 0 Å². The normalized spacial score (nSPS) is 10.3. The molecule has 0 bridgehead atoms. The van der Waals surface area contributed by atoms with Crippen molar-refractivity contribution < 1.29 is 0 Å². The summed E-state index contributed by atoms with van der Waals surface area (Å²) in [4.78, 5) is 11.6. The van der Waals surface area contributed by atoms with E-state index in [1.165, 1.54) is 0 Å². The van der Waals surface area contributed by atoms with E-state index in [1.54, 1.807) is 23.2 Å². The number of rotatable bonds is 1. The summed E-state index contributed by atoms with van der Waals surface area (Å²) < 4.78 is 3.27. The molecule has 0 saturated carbocycles. The molecule has 0 spiro atoms. The van der Waals surface area contributed by atoms with Gasteiger partial charge in [-0.25, -0.2) is 4.79 Å². The molecule has 0 fully saturated rings. The number of hydrogen-bond acceptors (Lipinski definition) is 2. The van der Waals surface area contributed by atoms with Gasteiger partial charge in [-0.05, 0) is 17.7 Å². The van der Waals surface area contributed by atoms with Gasteiger partial charge in [0.25, 0.3) is 0 Å². The van der Waals surface area contributed by atoms with Gasteiger partial charge in [-0.1, -0.05) is 6.07 Å². The number of nitrogens with zero attached hydrogens (tertiary/aromatic N) is 2. The maximum Gasteiger partial charge on any atom is 0.328 e. The minimum Gasteiger partial charge on any atom is -0.326 e. The highest BCUT2D eigenvalue weighted by molar-refractivity contribution is 5.85. The molecular formula is C10H14ClN3O. The molecule has 82 valence electrons. The summed E-state index contributed by atoms with van der Waals surface area (Å²) in [6, 6.07) is 5.83. The van der Waals surface area contributed by atoms with E-state index in [1.807, 2.05) is 18.2 Å². The van der Waals surface area contributed by atoms with Crippen LogP contribution in [0.1, 0.15) is 5.56 Å². The Balaban J connectivity index is 0.00000112. The van der Waals surface area contributed by atoms with Crippen molar-refractivity contribution in [1.82, 2.24) is 9.13 Å². The van der Waals surface area contributed by atoms with Gasteiger partial charge in [-0.3, -0.25) is 9.13 Å². The van der Waals surface area contributed by atoms with E-state index in [9.17, 15) is 4.79 Å². The van der Waals surface area contributed by atoms with Gasteiger partial charge < -0.3 is 5.73 Å². The highest BCUT2D eigenvalue weighted by Gasteiger charge is 2.06. The molecule has 0 radical (unpaired) electrons. The first kappa shape index (κ1) is 11.8. The molecule has 0 saturated heterocycles. The second-order valence-electron chi connectivity index (χ2n) is 3.43. The molecule has 1 aromatic carbocycles. The minimum atomic E-state index is -0.00540. The zero-order valence-corrected chi connectivity index (χ0v) is 9.54. The van der Waals surface area contributed by atoms with E-state index in [0.29, 0.717) is 6.54 Å². The summed E-state index contributed by atoms with van der Waals surface area (Å²) >= 11 is 0. The largest absolute Gasteiger partial charge is 0.328 e. The SMILES string of the molecule is Cl.Cn1c(=O)n(C)c2cc(CN)ccc21. The second kappa shape index (κ2) is 4.08. The number of nitrogens with two attached hydrogens (primary N) is 1. The lowest BCUT2D eigenvalue weighted by Crippen LogP contribution is -2.19. The Morgan fingerprint density at radius 3 is 2.40 bits per heavy atom. The Labute approximate surface area is 93.7 Å². The number of halogens is 1. The second-order valence-corrected chi connectivity index (χ2v) is 3.43. The Morgan fingerprint density at radius 1 is 1.20 bits per heavy atom. The minimum absolute atomic E-state index is 0. The predicted molar refractivity (Wildman–Crippen MR) is 63.3 cm³/mol. The Hall–Kier alpha value is -1.26. The predicted octanol–water partition coefficient (Wildman–Crippen LogP) is 0.758. The lowest BCUT2D eigenvalue weighted by atomic mass is 10.2. The van der Waals surface area contributed by atoms with Crippen LogP contribution < -0.4 is 11.4 Å². The molecule has 15 heavy (non-hydrogen) atoms. The highest BCUT2D eigenvalue weighted by Crippen LogP contribution is 2.13. The summed E-state index contributed by atoms with van der Waals surface area (Å²) in [6.45, 7) is 0.499. The van der Waals surface area contributed by atoms with E-state index in [2.05, 4.69) is 0 Å². The fourth-order valence-corrected chi connectivity index (χ4v) is 1.68. The van der Waals surface area contributed by atoms with Crippen LogP contribution >= 0.6 is 12.4 Å². The number of hydrogen-bond donors (Lipinski definition) is 1. The monoisotopic (exact) mass is 227 g/mol. The van der Waals surface area contributed by atoms with E-state index in [-0.39, 0.29) is 18.1 Å². The summed E-state index contributed by atoms with van der Waals surface area (Å²) in [5, 5.41) is 0. The van der Waals surface area contributed by atoms with Crippen LogP contribution in [0.25, 0.3) is 11.0 Å². The number of benzene rings is 1. The molecule has 0 aliphatic heterocycles. The van der Waals surface area contributed by atoms with Crippen LogP contribution in [0.15, 0.2) is 23.0 Å². The summed E-state index contributed by atoms with van der Waals surface area (Å²) in [7, 11) is 3.54. The van der Waals surface area contributed by atoms with Gasteiger partial charge in [0.05, 0.1) is 11.0 Å². The number of aromatic nitrogens is 2. The zero-order chi connectivity index (χ0) is 10.3. The van der Waals surface area contributed by atoms with Crippen molar-refractivity contribution in [2.24, 2.45) is 19.8 Å². The fourth-order valence-electron chi connectivity index (χ4n) is 1.68. The van der Waals surface area contributed by atoms with Crippen LogP contribution in [0.2, 0.25) is 0 Å². The van der Waals surface area contributed by atoms with Crippen LogP contribution in [0.3, 0.4) is 0 Å². The van der Waals surface area contributed by atoms with Crippen molar-refractivity contribution in [2.45, 2.75) is 6.54 Å². The van der Waals surface area contributed by atoms with Crippen LogP contribution in [0.5, 0.6) is 0 Å². The topological polar surface area (TPSA) is 53.0 Å². The number of aryl methyl sites for hydroxylation is 2. The molecule has 0 atom stereocenters. The molecule has 2 aromatic rings. The maximum absolute atomic E-state index is 11.6. The van der Waals surface area contributed by atoms with E-state index >= 15 is 0 Å². The third-order valence-electron chi connectivity index (χ3n) is 2.57. The smallest absolute Gasteiger partial charge is 0.326 e. The van der Waals surface area contributed by atoms with Crippen molar-refractivity contribution in [1.29, 1.82) is 0 Å². The van der Waals surface area contributed by atoms with Crippen LogP contribution in [0.4, 0.5) is 0 Å². The summed E-state index contributed by atoms with van der Waals surface area (Å²) in [5.41, 5.74) is 8.45. The molecule has 2 rings (SSSR count). The molecule has 5 heteroatoms. The average Bonchev–Trinajstić information content (AvgIpc) is 2.44. The van der Waals surface area contributed by atoms with Crippen molar-refractivity contribution >= 4 is 23.4 Å². The van der Waals surface area contributed by atoms with Crippen molar-refractivity contribution in [3.8, 4) is 0 Å². The fraction of sp³-hybridized carbons (Fsp3) is 0.300. The van der Waals surface area contributed by atoms with Crippen LogP contribution in [-0.4, -0.2) is 9.13 Å². The van der Waals surface area contributed by atoms with Gasteiger partial charge in [0.15, 0.2) is 0 Å². The third kappa shape index (κ3) is 1.66. The van der Waals surface area contributed by atoms with Crippen LogP contribution in [0, 0.1) is 0 Å². The zero-order valence-electron chi connectivity index (χ0n) is 8.73. The van der Waals surface area contributed by atoms with E-state index in [0.717, 1.165) is 16.6 Å². The average molecular weight is 228 g/mol. The Bertz CT molecular complexity index is 541. The first-order chi connectivity index (χ1) is 6.65. The first-order valence-corrected chi connectivity index (χ1v) is 4.49. The lowest BCUT2D eigenvalue weighted by molar-refractivity contribution is 0.795. The number of fused-ring (bicyclic) bond motifs is 1. The molecule has 0 unspecified atom stereocenters. The standard InChI is InChI=1S/C10H13N3O.ClH/c1-12-8-4-3-7(6-11)5-9(8)13(2)10(12)14;/h3-5H,6,11H2,1-2H3;1H. The quantitative estimate of drug-likeness (QED) is 0.782. The molecule has 0 amide bonds. The van der Waals surface area contributed by atoms with Crippen molar-refractivity contribution in [3.63, 3.8) is 0 Å². The van der Waals surface area contributed by atoms with Gasteiger partial charge in [-0.15, -0.1) is 12.4 Å². The molecule has 0 aliphatic carbocycles. The van der Waals surface area contributed by atoms with Crippen molar-refractivity contribution in [3.05, 3.63) is 34.2 Å².